The van der Waals surface area contributed by atoms with Crippen LogP contribution in [0.5, 0.6) is 5.75 Å². The number of nitrogens with one attached hydrogen (secondary N) is 2. The highest BCUT2D eigenvalue weighted by Crippen LogP contribution is 2.13. The van der Waals surface area contributed by atoms with E-state index in [0.29, 0.717) is 13.0 Å². The van der Waals surface area contributed by atoms with Gasteiger partial charge in [-0.15, -0.1) is 0 Å². The van der Waals surface area contributed by atoms with Crippen molar-refractivity contribution in [2.75, 3.05) is 6.61 Å². The summed E-state index contributed by atoms with van der Waals surface area (Å²) in [7, 11) is 0. The van der Waals surface area contributed by atoms with Crippen LogP contribution in [0.2, 0.25) is 0 Å². The molecule has 0 radical (unpaired) electrons. The second kappa shape index (κ2) is 9.23. The van der Waals surface area contributed by atoms with E-state index in [1.807, 2.05) is 45.0 Å². The molecule has 0 aromatic heterocycles. The Hall–Kier alpha value is -1.75. The van der Waals surface area contributed by atoms with Crippen molar-refractivity contribution in [3.63, 3.8) is 0 Å². The van der Waals surface area contributed by atoms with Gasteiger partial charge in [0.25, 0.3) is 0 Å². The number of hydrogen-bond acceptors (Lipinski definition) is 3. The first-order chi connectivity index (χ1) is 10.0. The standard InChI is InChI=1S/C16H26N2O3/c1-12(2)21-15-8-6-14(7-9-15)11-17-16(20)18-13(3)5-4-10-19/h6-9,12-13,19H,4-5,10-11H2,1-3H3,(H2,17,18,20). The van der Waals surface area contributed by atoms with Crippen molar-refractivity contribution < 1.29 is 14.6 Å². The van der Waals surface area contributed by atoms with Gasteiger partial charge in [0, 0.05) is 19.2 Å². The van der Waals surface area contributed by atoms with E-state index in [1.54, 1.807) is 0 Å². The third-order valence-electron chi connectivity index (χ3n) is 2.92. The number of benzene rings is 1. The smallest absolute Gasteiger partial charge is 0.315 e. The Morgan fingerprint density at radius 2 is 1.90 bits per heavy atom. The van der Waals surface area contributed by atoms with Gasteiger partial charge >= 0.3 is 6.03 Å². The Bertz CT molecular complexity index is 418. The van der Waals surface area contributed by atoms with Crippen molar-refractivity contribution >= 4 is 6.03 Å². The molecular formula is C16H26N2O3. The Kier molecular flexibility index (Phi) is 7.61. The molecule has 0 heterocycles. The van der Waals surface area contributed by atoms with Gasteiger partial charge in [0.05, 0.1) is 6.10 Å². The molecule has 0 saturated carbocycles. The van der Waals surface area contributed by atoms with Gasteiger partial charge in [-0.1, -0.05) is 12.1 Å². The maximum atomic E-state index is 11.7. The van der Waals surface area contributed by atoms with E-state index in [-0.39, 0.29) is 24.8 Å². The zero-order chi connectivity index (χ0) is 15.7. The molecule has 0 bridgehead atoms. The lowest BCUT2D eigenvalue weighted by Crippen LogP contribution is -2.40. The fourth-order valence-electron chi connectivity index (χ4n) is 1.88. The largest absolute Gasteiger partial charge is 0.491 e. The molecule has 21 heavy (non-hydrogen) atoms. The Morgan fingerprint density at radius 3 is 2.48 bits per heavy atom. The van der Waals surface area contributed by atoms with E-state index < -0.39 is 0 Å². The van der Waals surface area contributed by atoms with Crippen LogP contribution in [0, 0.1) is 0 Å². The Labute approximate surface area is 126 Å². The topological polar surface area (TPSA) is 70.6 Å². The minimum Gasteiger partial charge on any atom is -0.491 e. The van der Waals surface area contributed by atoms with Crippen molar-refractivity contribution in [3.05, 3.63) is 29.8 Å². The number of urea groups is 1. The van der Waals surface area contributed by atoms with Crippen molar-refractivity contribution in [2.45, 2.75) is 52.3 Å². The zero-order valence-electron chi connectivity index (χ0n) is 13.1. The summed E-state index contributed by atoms with van der Waals surface area (Å²) in [5.41, 5.74) is 1.02. The quantitative estimate of drug-likeness (QED) is 0.689. The molecule has 1 atom stereocenters. The Balaban J connectivity index is 2.32. The predicted octanol–water partition coefficient (Wildman–Crippen LogP) is 2.43. The van der Waals surface area contributed by atoms with Crippen LogP contribution in [0.25, 0.3) is 0 Å². The first kappa shape index (κ1) is 17.3. The first-order valence-corrected chi connectivity index (χ1v) is 7.42. The number of ether oxygens (including phenoxy) is 1. The van der Waals surface area contributed by atoms with Crippen LogP contribution < -0.4 is 15.4 Å². The van der Waals surface area contributed by atoms with Gasteiger partial charge < -0.3 is 20.5 Å². The van der Waals surface area contributed by atoms with Crippen LogP contribution in [0.4, 0.5) is 4.79 Å². The van der Waals surface area contributed by atoms with Crippen molar-refractivity contribution in [2.24, 2.45) is 0 Å². The van der Waals surface area contributed by atoms with E-state index in [2.05, 4.69) is 10.6 Å². The maximum absolute atomic E-state index is 11.7. The number of aliphatic hydroxyl groups is 1. The molecule has 0 spiro atoms. The van der Waals surface area contributed by atoms with E-state index >= 15 is 0 Å². The monoisotopic (exact) mass is 294 g/mol. The molecule has 2 amide bonds. The number of hydrogen-bond donors (Lipinski definition) is 3. The average Bonchev–Trinajstić information content (AvgIpc) is 2.44. The molecule has 1 aromatic rings. The lowest BCUT2D eigenvalue weighted by molar-refractivity contribution is 0.234. The molecule has 0 aliphatic heterocycles. The maximum Gasteiger partial charge on any atom is 0.315 e. The molecule has 5 heteroatoms. The van der Waals surface area contributed by atoms with Crippen LogP contribution in [-0.4, -0.2) is 29.9 Å². The van der Waals surface area contributed by atoms with Gasteiger partial charge in [-0.3, -0.25) is 0 Å². The number of aliphatic hydroxyl groups excluding tert-OH is 1. The summed E-state index contributed by atoms with van der Waals surface area (Å²) < 4.78 is 5.56. The molecule has 1 rings (SSSR count). The highest BCUT2D eigenvalue weighted by molar-refractivity contribution is 5.74. The highest BCUT2D eigenvalue weighted by Gasteiger charge is 2.06. The second-order valence-corrected chi connectivity index (χ2v) is 5.40. The van der Waals surface area contributed by atoms with Crippen LogP contribution in [0.1, 0.15) is 39.2 Å². The van der Waals surface area contributed by atoms with Crippen LogP contribution in [0.3, 0.4) is 0 Å². The number of rotatable bonds is 8. The summed E-state index contributed by atoms with van der Waals surface area (Å²) in [6, 6.07) is 7.54. The van der Waals surface area contributed by atoms with Crippen LogP contribution in [-0.2, 0) is 6.54 Å². The van der Waals surface area contributed by atoms with Crippen molar-refractivity contribution in [1.82, 2.24) is 10.6 Å². The Morgan fingerprint density at radius 1 is 1.24 bits per heavy atom. The molecule has 3 N–H and O–H groups in total. The number of amides is 2. The summed E-state index contributed by atoms with van der Waals surface area (Å²) in [6.45, 7) is 6.52. The van der Waals surface area contributed by atoms with Gasteiger partial charge in [0.2, 0.25) is 0 Å². The average molecular weight is 294 g/mol. The number of carbonyl (C=O) groups excluding carboxylic acids is 1. The molecule has 1 aromatic carbocycles. The predicted molar refractivity (Wildman–Crippen MR) is 83.4 cm³/mol. The van der Waals surface area contributed by atoms with Crippen LogP contribution >= 0.6 is 0 Å². The molecule has 0 fully saturated rings. The third-order valence-corrected chi connectivity index (χ3v) is 2.92. The van der Waals surface area contributed by atoms with Gasteiger partial charge in [-0.05, 0) is 51.3 Å². The molecular weight excluding hydrogens is 268 g/mol. The molecule has 0 aliphatic rings. The molecule has 1 unspecified atom stereocenters. The van der Waals surface area contributed by atoms with E-state index in [9.17, 15) is 4.79 Å². The van der Waals surface area contributed by atoms with Crippen molar-refractivity contribution in [3.8, 4) is 5.75 Å². The summed E-state index contributed by atoms with van der Waals surface area (Å²) in [5, 5.41) is 14.4. The summed E-state index contributed by atoms with van der Waals surface area (Å²) in [4.78, 5) is 11.7. The summed E-state index contributed by atoms with van der Waals surface area (Å²) in [6.07, 6.45) is 1.62. The fraction of sp³-hybridized carbons (Fsp3) is 0.562. The lowest BCUT2D eigenvalue weighted by Gasteiger charge is -2.14. The highest BCUT2D eigenvalue weighted by atomic mass is 16.5. The minimum absolute atomic E-state index is 0.0546. The molecule has 0 aliphatic carbocycles. The van der Waals surface area contributed by atoms with Crippen molar-refractivity contribution in [1.29, 1.82) is 0 Å². The van der Waals surface area contributed by atoms with Crippen LogP contribution in [0.15, 0.2) is 24.3 Å². The third kappa shape index (κ3) is 7.56. The van der Waals surface area contributed by atoms with Gasteiger partial charge in [-0.25, -0.2) is 4.79 Å². The SMILES string of the molecule is CC(CCCO)NC(=O)NCc1ccc(OC(C)C)cc1. The normalized spacial score (nSPS) is 12.0. The van der Waals surface area contributed by atoms with Gasteiger partial charge in [0.1, 0.15) is 5.75 Å². The minimum atomic E-state index is -0.192. The van der Waals surface area contributed by atoms with E-state index in [0.717, 1.165) is 17.7 Å². The zero-order valence-corrected chi connectivity index (χ0v) is 13.1. The second-order valence-electron chi connectivity index (χ2n) is 5.40. The number of carbonyl (C=O) groups is 1. The molecule has 118 valence electrons. The van der Waals surface area contributed by atoms with E-state index in [1.165, 1.54) is 0 Å². The van der Waals surface area contributed by atoms with Gasteiger partial charge in [-0.2, -0.15) is 0 Å². The van der Waals surface area contributed by atoms with E-state index in [4.69, 9.17) is 9.84 Å². The summed E-state index contributed by atoms with van der Waals surface area (Å²) in [5.74, 6) is 0.829. The fourth-order valence-corrected chi connectivity index (χ4v) is 1.88. The molecule has 5 nitrogen and oxygen atoms in total. The summed E-state index contributed by atoms with van der Waals surface area (Å²) >= 11 is 0. The van der Waals surface area contributed by atoms with Gasteiger partial charge in [0.15, 0.2) is 0 Å². The molecule has 0 saturated heterocycles. The lowest BCUT2D eigenvalue weighted by atomic mass is 10.2. The first-order valence-electron chi connectivity index (χ1n) is 7.42.